The Bertz CT molecular complexity index is 609. The highest BCUT2D eigenvalue weighted by molar-refractivity contribution is 5.73. The zero-order valence-electron chi connectivity index (χ0n) is 11.2. The highest BCUT2D eigenvalue weighted by Gasteiger charge is 2.25. The van der Waals surface area contributed by atoms with Crippen LogP contribution in [0.1, 0.15) is 23.9 Å². The number of carbonyl (C=O) groups is 1. The van der Waals surface area contributed by atoms with Gasteiger partial charge in [0.25, 0.3) is 0 Å². The van der Waals surface area contributed by atoms with Crippen molar-refractivity contribution in [2.24, 2.45) is 0 Å². The standard InChI is InChI=1S/C14H15N3O3/c1-10(18)17-6-4-14-12(8-17)13(16-20-14)9-19-11-3-2-5-15-7-11/h2-3,5,7H,4,6,8-9H2,1H3. The van der Waals surface area contributed by atoms with E-state index in [0.717, 1.165) is 17.0 Å². The van der Waals surface area contributed by atoms with Gasteiger partial charge in [-0.15, -0.1) is 0 Å². The third kappa shape index (κ3) is 2.49. The summed E-state index contributed by atoms with van der Waals surface area (Å²) in [6.45, 7) is 3.11. The zero-order chi connectivity index (χ0) is 13.9. The molecule has 1 aliphatic rings. The fourth-order valence-electron chi connectivity index (χ4n) is 2.23. The van der Waals surface area contributed by atoms with Crippen LogP contribution >= 0.6 is 0 Å². The molecule has 104 valence electrons. The molecule has 3 heterocycles. The third-order valence-electron chi connectivity index (χ3n) is 3.36. The number of carbonyl (C=O) groups excluding carboxylic acids is 1. The molecule has 2 aromatic rings. The second-order valence-electron chi connectivity index (χ2n) is 4.70. The summed E-state index contributed by atoms with van der Waals surface area (Å²) < 4.78 is 10.9. The minimum atomic E-state index is 0.0657. The van der Waals surface area contributed by atoms with Crippen molar-refractivity contribution in [3.8, 4) is 5.75 Å². The minimum absolute atomic E-state index is 0.0657. The molecule has 0 aliphatic carbocycles. The van der Waals surface area contributed by atoms with Crippen LogP contribution in [0.25, 0.3) is 0 Å². The Labute approximate surface area is 116 Å². The van der Waals surface area contributed by atoms with Crippen LogP contribution in [-0.2, 0) is 24.4 Å². The number of rotatable bonds is 3. The van der Waals surface area contributed by atoms with Crippen LogP contribution in [0.4, 0.5) is 0 Å². The fraction of sp³-hybridized carbons (Fsp3) is 0.357. The maximum atomic E-state index is 11.5. The summed E-state index contributed by atoms with van der Waals surface area (Å²) in [5.41, 5.74) is 1.71. The molecule has 0 unspecified atom stereocenters. The molecular formula is C14H15N3O3. The van der Waals surface area contributed by atoms with Crippen LogP contribution < -0.4 is 4.74 Å². The van der Waals surface area contributed by atoms with Gasteiger partial charge in [0.2, 0.25) is 5.91 Å². The van der Waals surface area contributed by atoms with E-state index in [1.165, 1.54) is 0 Å². The van der Waals surface area contributed by atoms with Gasteiger partial charge in [0.15, 0.2) is 0 Å². The quantitative estimate of drug-likeness (QED) is 0.848. The number of nitrogens with zero attached hydrogens (tertiary/aromatic N) is 3. The van der Waals surface area contributed by atoms with Crippen LogP contribution in [-0.4, -0.2) is 27.5 Å². The maximum absolute atomic E-state index is 11.5. The van der Waals surface area contributed by atoms with E-state index in [4.69, 9.17) is 9.26 Å². The van der Waals surface area contributed by atoms with Gasteiger partial charge in [-0.05, 0) is 12.1 Å². The van der Waals surface area contributed by atoms with Crippen molar-refractivity contribution in [3.63, 3.8) is 0 Å². The molecule has 0 aromatic carbocycles. The van der Waals surface area contributed by atoms with Gasteiger partial charge in [-0.1, -0.05) is 5.16 Å². The van der Waals surface area contributed by atoms with Gasteiger partial charge < -0.3 is 14.2 Å². The second kappa shape index (κ2) is 5.32. The predicted molar refractivity (Wildman–Crippen MR) is 69.9 cm³/mol. The average molecular weight is 273 g/mol. The first-order valence-corrected chi connectivity index (χ1v) is 6.48. The topological polar surface area (TPSA) is 68.5 Å². The second-order valence-corrected chi connectivity index (χ2v) is 4.70. The smallest absolute Gasteiger partial charge is 0.219 e. The minimum Gasteiger partial charge on any atom is -0.486 e. The molecule has 20 heavy (non-hydrogen) atoms. The SMILES string of the molecule is CC(=O)N1CCc2onc(COc3cccnc3)c2C1. The van der Waals surface area contributed by atoms with Gasteiger partial charge in [-0.3, -0.25) is 9.78 Å². The van der Waals surface area contributed by atoms with Crippen LogP contribution in [0.2, 0.25) is 0 Å². The molecule has 6 nitrogen and oxygen atoms in total. The van der Waals surface area contributed by atoms with E-state index < -0.39 is 0 Å². The lowest BCUT2D eigenvalue weighted by molar-refractivity contribution is -0.129. The summed E-state index contributed by atoms with van der Waals surface area (Å²) >= 11 is 0. The van der Waals surface area contributed by atoms with Crippen LogP contribution in [0.15, 0.2) is 29.0 Å². The molecule has 1 aliphatic heterocycles. The highest BCUT2D eigenvalue weighted by atomic mass is 16.5. The summed E-state index contributed by atoms with van der Waals surface area (Å²) in [5.74, 6) is 1.60. The number of pyridine rings is 1. The summed E-state index contributed by atoms with van der Waals surface area (Å²) in [4.78, 5) is 17.2. The lowest BCUT2D eigenvalue weighted by atomic mass is 10.1. The molecule has 0 fully saturated rings. The Hall–Kier alpha value is -2.37. The molecule has 0 radical (unpaired) electrons. The summed E-state index contributed by atoms with van der Waals surface area (Å²) in [5, 5.41) is 4.05. The Morgan fingerprint density at radius 1 is 1.55 bits per heavy atom. The first kappa shape index (κ1) is 12.7. The molecule has 0 spiro atoms. The first-order valence-electron chi connectivity index (χ1n) is 6.48. The van der Waals surface area contributed by atoms with Gasteiger partial charge >= 0.3 is 0 Å². The molecule has 2 aromatic heterocycles. The van der Waals surface area contributed by atoms with E-state index in [1.807, 2.05) is 12.1 Å². The lowest BCUT2D eigenvalue weighted by Gasteiger charge is -2.24. The number of aromatic nitrogens is 2. The van der Waals surface area contributed by atoms with Gasteiger partial charge in [0, 0.05) is 31.6 Å². The lowest BCUT2D eigenvalue weighted by Crippen LogP contribution is -2.34. The molecule has 0 saturated carbocycles. The maximum Gasteiger partial charge on any atom is 0.219 e. The third-order valence-corrected chi connectivity index (χ3v) is 3.36. The fourth-order valence-corrected chi connectivity index (χ4v) is 2.23. The normalized spacial score (nSPS) is 13.9. The van der Waals surface area contributed by atoms with Crippen molar-refractivity contribution >= 4 is 5.91 Å². The van der Waals surface area contributed by atoms with Crippen molar-refractivity contribution < 1.29 is 14.1 Å². The first-order chi connectivity index (χ1) is 9.74. The molecule has 0 bridgehead atoms. The van der Waals surface area contributed by atoms with E-state index >= 15 is 0 Å². The monoisotopic (exact) mass is 273 g/mol. The van der Waals surface area contributed by atoms with Crippen LogP contribution in [0.5, 0.6) is 5.75 Å². The van der Waals surface area contributed by atoms with Gasteiger partial charge in [-0.2, -0.15) is 0 Å². The van der Waals surface area contributed by atoms with Crippen molar-refractivity contribution in [1.82, 2.24) is 15.0 Å². The molecule has 0 saturated heterocycles. The molecule has 0 atom stereocenters. The Morgan fingerprint density at radius 2 is 2.45 bits per heavy atom. The molecular weight excluding hydrogens is 258 g/mol. The zero-order valence-corrected chi connectivity index (χ0v) is 11.2. The van der Waals surface area contributed by atoms with Crippen LogP contribution in [0.3, 0.4) is 0 Å². The average Bonchev–Trinajstić information content (AvgIpc) is 2.88. The predicted octanol–water partition coefficient (Wildman–Crippen LogP) is 1.55. The van der Waals surface area contributed by atoms with Crippen LogP contribution in [0, 0.1) is 0 Å². The largest absolute Gasteiger partial charge is 0.486 e. The summed E-state index contributed by atoms with van der Waals surface area (Å²) in [6.07, 6.45) is 4.04. The van der Waals surface area contributed by atoms with Gasteiger partial charge in [0.1, 0.15) is 23.8 Å². The van der Waals surface area contributed by atoms with E-state index in [0.29, 0.717) is 31.9 Å². The van der Waals surface area contributed by atoms with E-state index in [9.17, 15) is 4.79 Å². The highest BCUT2D eigenvalue weighted by Crippen LogP contribution is 2.23. The number of ether oxygens (including phenoxy) is 1. The van der Waals surface area contributed by atoms with Gasteiger partial charge in [-0.25, -0.2) is 0 Å². The summed E-state index contributed by atoms with van der Waals surface area (Å²) in [6, 6.07) is 3.65. The Balaban J connectivity index is 1.73. The molecule has 1 amide bonds. The van der Waals surface area contributed by atoms with E-state index in [-0.39, 0.29) is 5.91 Å². The van der Waals surface area contributed by atoms with Crippen molar-refractivity contribution in [2.45, 2.75) is 26.5 Å². The van der Waals surface area contributed by atoms with Crippen molar-refractivity contribution in [2.75, 3.05) is 6.54 Å². The summed E-state index contributed by atoms with van der Waals surface area (Å²) in [7, 11) is 0. The Morgan fingerprint density at radius 3 is 3.20 bits per heavy atom. The number of fused-ring (bicyclic) bond motifs is 1. The number of amides is 1. The van der Waals surface area contributed by atoms with E-state index in [2.05, 4.69) is 10.1 Å². The molecule has 0 N–H and O–H groups in total. The number of hydrogen-bond acceptors (Lipinski definition) is 5. The Kier molecular flexibility index (Phi) is 3.37. The van der Waals surface area contributed by atoms with E-state index in [1.54, 1.807) is 24.2 Å². The van der Waals surface area contributed by atoms with Gasteiger partial charge in [0.05, 0.1) is 12.7 Å². The van der Waals surface area contributed by atoms with Crippen molar-refractivity contribution in [1.29, 1.82) is 0 Å². The molecule has 6 heteroatoms. The van der Waals surface area contributed by atoms with Crippen molar-refractivity contribution in [3.05, 3.63) is 41.5 Å². The molecule has 3 rings (SSSR count). The number of hydrogen-bond donors (Lipinski definition) is 0.